The van der Waals surface area contributed by atoms with E-state index in [-0.39, 0.29) is 0 Å². The van der Waals surface area contributed by atoms with Gasteiger partial charge in [-0.25, -0.2) is 0 Å². The molecule has 1 aliphatic rings. The van der Waals surface area contributed by atoms with Gasteiger partial charge in [0.1, 0.15) is 0 Å². The van der Waals surface area contributed by atoms with Crippen LogP contribution >= 0.6 is 0 Å². The molecule has 0 radical (unpaired) electrons. The molecule has 3 heteroatoms. The molecule has 1 aliphatic heterocycles. The van der Waals surface area contributed by atoms with Gasteiger partial charge in [0.2, 0.25) is 0 Å². The molecule has 0 spiro atoms. The van der Waals surface area contributed by atoms with Crippen LogP contribution in [0.15, 0.2) is 0 Å². The lowest BCUT2D eigenvalue weighted by Crippen LogP contribution is -2.48. The Balaban J connectivity index is 2.34. The first-order chi connectivity index (χ1) is 8.67. The topological polar surface area (TPSA) is 18.5 Å². The molecule has 0 aromatic rings. The number of rotatable bonds is 8. The standard InChI is InChI=1S/C15H33N3/c1-5-17(6-2)11-12-18(14(3)4)13-15-9-7-8-10-16-15/h14-16H,5-13H2,1-4H3. The third kappa shape index (κ3) is 5.68. The second kappa shape index (κ2) is 8.89. The van der Waals surface area contributed by atoms with Crippen LogP contribution in [-0.2, 0) is 0 Å². The number of hydrogen-bond donors (Lipinski definition) is 1. The van der Waals surface area contributed by atoms with Gasteiger partial charge in [-0.3, -0.25) is 4.90 Å². The van der Waals surface area contributed by atoms with E-state index in [1.165, 1.54) is 58.5 Å². The second-order valence-electron chi connectivity index (χ2n) is 5.76. The number of nitrogens with zero attached hydrogens (tertiary/aromatic N) is 2. The molecule has 1 rings (SSSR count). The SMILES string of the molecule is CCN(CC)CCN(CC1CCCCN1)C(C)C. The van der Waals surface area contributed by atoms with E-state index in [9.17, 15) is 0 Å². The maximum absolute atomic E-state index is 3.66. The van der Waals surface area contributed by atoms with Crippen molar-refractivity contribution in [3.05, 3.63) is 0 Å². The van der Waals surface area contributed by atoms with Crippen molar-refractivity contribution in [1.29, 1.82) is 0 Å². The van der Waals surface area contributed by atoms with Crippen LogP contribution in [-0.4, -0.2) is 61.2 Å². The Morgan fingerprint density at radius 3 is 2.33 bits per heavy atom. The summed E-state index contributed by atoms with van der Waals surface area (Å²) in [6.07, 6.45) is 4.12. The Labute approximate surface area is 114 Å². The van der Waals surface area contributed by atoms with Crippen LogP contribution in [0.3, 0.4) is 0 Å². The highest BCUT2D eigenvalue weighted by molar-refractivity contribution is 4.78. The summed E-state index contributed by atoms with van der Waals surface area (Å²) in [4.78, 5) is 5.16. The van der Waals surface area contributed by atoms with Gasteiger partial charge in [-0.15, -0.1) is 0 Å². The molecule has 1 N–H and O–H groups in total. The minimum Gasteiger partial charge on any atom is -0.313 e. The van der Waals surface area contributed by atoms with Crippen LogP contribution in [0.25, 0.3) is 0 Å². The Kier molecular flexibility index (Phi) is 7.87. The van der Waals surface area contributed by atoms with Gasteiger partial charge in [-0.1, -0.05) is 20.3 Å². The third-order valence-electron chi connectivity index (χ3n) is 4.20. The Morgan fingerprint density at radius 1 is 1.11 bits per heavy atom. The largest absolute Gasteiger partial charge is 0.313 e. The van der Waals surface area contributed by atoms with Crippen molar-refractivity contribution in [3.8, 4) is 0 Å². The molecule has 1 heterocycles. The quantitative estimate of drug-likeness (QED) is 0.717. The van der Waals surface area contributed by atoms with Crippen LogP contribution in [0.2, 0.25) is 0 Å². The van der Waals surface area contributed by atoms with Gasteiger partial charge in [-0.2, -0.15) is 0 Å². The van der Waals surface area contributed by atoms with E-state index in [1.807, 2.05) is 0 Å². The van der Waals surface area contributed by atoms with Crippen LogP contribution in [0.5, 0.6) is 0 Å². The molecule has 108 valence electrons. The third-order valence-corrected chi connectivity index (χ3v) is 4.20. The Bertz CT molecular complexity index is 196. The van der Waals surface area contributed by atoms with Crippen molar-refractivity contribution in [3.63, 3.8) is 0 Å². The highest BCUT2D eigenvalue weighted by Crippen LogP contribution is 2.10. The molecule has 18 heavy (non-hydrogen) atoms. The summed E-state index contributed by atoms with van der Waals surface area (Å²) in [6, 6.07) is 1.38. The molecular weight excluding hydrogens is 222 g/mol. The molecule has 0 saturated carbocycles. The first-order valence-corrected chi connectivity index (χ1v) is 7.87. The van der Waals surface area contributed by atoms with E-state index in [2.05, 4.69) is 42.8 Å². The average molecular weight is 255 g/mol. The van der Waals surface area contributed by atoms with Crippen LogP contribution in [0.1, 0.15) is 47.0 Å². The molecule has 0 aromatic carbocycles. The fraction of sp³-hybridized carbons (Fsp3) is 1.00. The normalized spacial score (nSPS) is 21.2. The van der Waals surface area contributed by atoms with Crippen molar-refractivity contribution in [2.75, 3.05) is 39.3 Å². The Morgan fingerprint density at radius 2 is 1.83 bits per heavy atom. The molecule has 0 amide bonds. The van der Waals surface area contributed by atoms with E-state index >= 15 is 0 Å². The molecule has 1 atom stereocenters. The number of nitrogens with one attached hydrogen (secondary N) is 1. The number of likely N-dealkylation sites (N-methyl/N-ethyl adjacent to an activating group) is 1. The van der Waals surface area contributed by atoms with E-state index in [0.29, 0.717) is 6.04 Å². The lowest BCUT2D eigenvalue weighted by molar-refractivity contribution is 0.158. The number of piperidine rings is 1. The smallest absolute Gasteiger partial charge is 0.0195 e. The lowest BCUT2D eigenvalue weighted by Gasteiger charge is -2.34. The fourth-order valence-electron chi connectivity index (χ4n) is 2.73. The first-order valence-electron chi connectivity index (χ1n) is 7.87. The number of hydrogen-bond acceptors (Lipinski definition) is 3. The molecule has 3 nitrogen and oxygen atoms in total. The Hall–Kier alpha value is -0.120. The predicted octanol–water partition coefficient (Wildman–Crippen LogP) is 2.18. The molecule has 0 aromatic heterocycles. The van der Waals surface area contributed by atoms with Crippen molar-refractivity contribution in [2.24, 2.45) is 0 Å². The maximum atomic E-state index is 3.66. The van der Waals surface area contributed by atoms with Gasteiger partial charge >= 0.3 is 0 Å². The molecule has 0 aliphatic carbocycles. The summed E-state index contributed by atoms with van der Waals surface area (Å²) in [5, 5.41) is 3.66. The summed E-state index contributed by atoms with van der Waals surface area (Å²) in [7, 11) is 0. The van der Waals surface area contributed by atoms with Crippen LogP contribution in [0, 0.1) is 0 Å². The average Bonchev–Trinajstić information content (AvgIpc) is 2.39. The van der Waals surface area contributed by atoms with Gasteiger partial charge in [0.05, 0.1) is 0 Å². The lowest BCUT2D eigenvalue weighted by atomic mass is 10.0. The molecular formula is C15H33N3. The maximum Gasteiger partial charge on any atom is 0.0195 e. The highest BCUT2D eigenvalue weighted by Gasteiger charge is 2.18. The summed E-state index contributed by atoms with van der Waals surface area (Å²) < 4.78 is 0. The first kappa shape index (κ1) is 15.9. The van der Waals surface area contributed by atoms with Crippen LogP contribution < -0.4 is 5.32 Å². The molecule has 1 fully saturated rings. The molecule has 0 bridgehead atoms. The van der Waals surface area contributed by atoms with Crippen molar-refractivity contribution < 1.29 is 0 Å². The van der Waals surface area contributed by atoms with E-state index in [1.54, 1.807) is 0 Å². The van der Waals surface area contributed by atoms with Gasteiger partial charge in [0, 0.05) is 31.7 Å². The van der Waals surface area contributed by atoms with Crippen molar-refractivity contribution in [1.82, 2.24) is 15.1 Å². The van der Waals surface area contributed by atoms with Crippen LogP contribution in [0.4, 0.5) is 0 Å². The van der Waals surface area contributed by atoms with Crippen molar-refractivity contribution in [2.45, 2.75) is 59.0 Å². The minimum absolute atomic E-state index is 0.657. The second-order valence-corrected chi connectivity index (χ2v) is 5.76. The van der Waals surface area contributed by atoms with Crippen molar-refractivity contribution >= 4 is 0 Å². The molecule has 1 unspecified atom stereocenters. The van der Waals surface area contributed by atoms with Gasteiger partial charge in [0.15, 0.2) is 0 Å². The van der Waals surface area contributed by atoms with Gasteiger partial charge in [0.25, 0.3) is 0 Å². The van der Waals surface area contributed by atoms with E-state index in [4.69, 9.17) is 0 Å². The summed E-state index contributed by atoms with van der Waals surface area (Å²) in [5.41, 5.74) is 0. The monoisotopic (exact) mass is 255 g/mol. The highest BCUT2D eigenvalue weighted by atomic mass is 15.2. The zero-order chi connectivity index (χ0) is 13.4. The van der Waals surface area contributed by atoms with Gasteiger partial charge in [-0.05, 0) is 46.3 Å². The summed E-state index contributed by atoms with van der Waals surface area (Å²) in [6.45, 7) is 16.4. The minimum atomic E-state index is 0.657. The van der Waals surface area contributed by atoms with E-state index in [0.717, 1.165) is 6.04 Å². The summed E-state index contributed by atoms with van der Waals surface area (Å²) in [5.74, 6) is 0. The predicted molar refractivity (Wildman–Crippen MR) is 80.1 cm³/mol. The van der Waals surface area contributed by atoms with Gasteiger partial charge < -0.3 is 10.2 Å². The summed E-state index contributed by atoms with van der Waals surface area (Å²) >= 11 is 0. The van der Waals surface area contributed by atoms with E-state index < -0.39 is 0 Å². The zero-order valence-electron chi connectivity index (χ0n) is 12.9. The zero-order valence-corrected chi connectivity index (χ0v) is 12.9. The molecule has 1 saturated heterocycles. The fourth-order valence-corrected chi connectivity index (χ4v) is 2.73.